The van der Waals surface area contributed by atoms with E-state index in [4.69, 9.17) is 4.74 Å². The van der Waals surface area contributed by atoms with Crippen molar-refractivity contribution in [2.45, 2.75) is 13.3 Å². The summed E-state index contributed by atoms with van der Waals surface area (Å²) in [5, 5.41) is 0. The molecule has 0 aliphatic carbocycles. The smallest absolute Gasteiger partial charge is 0.311 e. The number of rotatable bonds is 4. The summed E-state index contributed by atoms with van der Waals surface area (Å²) in [6, 6.07) is 3.42. The topological polar surface area (TPSA) is 60.7 Å². The molecule has 0 amide bonds. The van der Waals surface area contributed by atoms with Gasteiger partial charge in [0.1, 0.15) is 5.65 Å². The van der Waals surface area contributed by atoms with Crippen LogP contribution >= 0.6 is 0 Å². The largest absolute Gasteiger partial charge is 0.466 e. The second kappa shape index (κ2) is 4.78. The standard InChI is InChI=1S/C12H12N2O3/c1-2-17-12(16)5-10-6-13-11-4-3-9(8-15)7-14(10)11/h3-4,6-8H,2,5H2,1H3. The molecular formula is C12H12N2O3. The molecule has 0 N–H and O–H groups in total. The van der Waals surface area contributed by atoms with Crippen molar-refractivity contribution in [2.24, 2.45) is 0 Å². The molecular weight excluding hydrogens is 220 g/mol. The number of imidazole rings is 1. The first-order valence-electron chi connectivity index (χ1n) is 5.31. The van der Waals surface area contributed by atoms with Crippen molar-refractivity contribution in [2.75, 3.05) is 6.61 Å². The summed E-state index contributed by atoms with van der Waals surface area (Å²) in [6.45, 7) is 2.12. The summed E-state index contributed by atoms with van der Waals surface area (Å²) in [6.07, 6.45) is 4.18. The van der Waals surface area contributed by atoms with E-state index in [1.807, 2.05) is 0 Å². The molecule has 0 aliphatic heterocycles. The van der Waals surface area contributed by atoms with Gasteiger partial charge < -0.3 is 9.14 Å². The van der Waals surface area contributed by atoms with Crippen molar-refractivity contribution in [3.8, 4) is 0 Å². The molecule has 88 valence electrons. The maximum atomic E-state index is 11.4. The van der Waals surface area contributed by atoms with Crippen molar-refractivity contribution in [3.63, 3.8) is 0 Å². The van der Waals surface area contributed by atoms with Gasteiger partial charge in [-0.3, -0.25) is 9.59 Å². The zero-order valence-electron chi connectivity index (χ0n) is 9.42. The Morgan fingerprint density at radius 2 is 2.35 bits per heavy atom. The Morgan fingerprint density at radius 1 is 1.53 bits per heavy atom. The third-order valence-corrected chi connectivity index (χ3v) is 2.37. The van der Waals surface area contributed by atoms with Gasteiger partial charge in [-0.1, -0.05) is 0 Å². The third-order valence-electron chi connectivity index (χ3n) is 2.37. The van der Waals surface area contributed by atoms with Gasteiger partial charge in [0, 0.05) is 18.0 Å². The number of aldehydes is 1. The zero-order chi connectivity index (χ0) is 12.3. The van der Waals surface area contributed by atoms with E-state index in [1.165, 1.54) is 0 Å². The van der Waals surface area contributed by atoms with Gasteiger partial charge in [-0.2, -0.15) is 0 Å². The van der Waals surface area contributed by atoms with Crippen LogP contribution in [0.2, 0.25) is 0 Å². The lowest BCUT2D eigenvalue weighted by Crippen LogP contribution is -2.09. The normalized spacial score (nSPS) is 10.4. The number of ether oxygens (including phenoxy) is 1. The van der Waals surface area contributed by atoms with E-state index >= 15 is 0 Å². The Balaban J connectivity index is 2.34. The van der Waals surface area contributed by atoms with Crippen LogP contribution in [-0.2, 0) is 16.0 Å². The molecule has 2 heterocycles. The Kier molecular flexibility index (Phi) is 3.18. The van der Waals surface area contributed by atoms with E-state index < -0.39 is 0 Å². The lowest BCUT2D eigenvalue weighted by atomic mass is 10.3. The highest BCUT2D eigenvalue weighted by Gasteiger charge is 2.09. The van der Waals surface area contributed by atoms with Crippen LogP contribution in [0.3, 0.4) is 0 Å². The van der Waals surface area contributed by atoms with Crippen LogP contribution in [-0.4, -0.2) is 28.2 Å². The Morgan fingerprint density at radius 3 is 3.06 bits per heavy atom. The number of nitrogens with zero attached hydrogens (tertiary/aromatic N) is 2. The highest BCUT2D eigenvalue weighted by Crippen LogP contribution is 2.09. The quantitative estimate of drug-likeness (QED) is 0.588. The number of fused-ring (bicyclic) bond motifs is 1. The van der Waals surface area contributed by atoms with Crippen LogP contribution in [0, 0.1) is 0 Å². The summed E-state index contributed by atoms with van der Waals surface area (Å²) >= 11 is 0. The van der Waals surface area contributed by atoms with Crippen LogP contribution in [0.15, 0.2) is 24.5 Å². The van der Waals surface area contributed by atoms with Crippen molar-refractivity contribution in [3.05, 3.63) is 35.8 Å². The highest BCUT2D eigenvalue weighted by molar-refractivity contribution is 5.75. The van der Waals surface area contributed by atoms with Gasteiger partial charge in [0.15, 0.2) is 6.29 Å². The fourth-order valence-electron chi connectivity index (χ4n) is 1.61. The number of carbonyl (C=O) groups is 2. The molecule has 5 nitrogen and oxygen atoms in total. The van der Waals surface area contributed by atoms with Crippen molar-refractivity contribution in [1.29, 1.82) is 0 Å². The lowest BCUT2D eigenvalue weighted by molar-refractivity contribution is -0.142. The first-order valence-corrected chi connectivity index (χ1v) is 5.31. The average molecular weight is 232 g/mol. The molecule has 0 fully saturated rings. The minimum atomic E-state index is -0.300. The molecule has 0 radical (unpaired) electrons. The first-order chi connectivity index (χ1) is 8.24. The van der Waals surface area contributed by atoms with Crippen LogP contribution in [0.5, 0.6) is 0 Å². The molecule has 0 saturated carbocycles. The summed E-state index contributed by atoms with van der Waals surface area (Å²) in [7, 11) is 0. The van der Waals surface area contributed by atoms with Crippen LogP contribution in [0.4, 0.5) is 0 Å². The molecule has 5 heteroatoms. The van der Waals surface area contributed by atoms with Gasteiger partial charge >= 0.3 is 5.97 Å². The molecule has 2 aromatic rings. The second-order valence-corrected chi connectivity index (χ2v) is 3.54. The molecule has 0 unspecified atom stereocenters. The number of aromatic nitrogens is 2. The van der Waals surface area contributed by atoms with E-state index in [9.17, 15) is 9.59 Å². The molecule has 0 atom stereocenters. The second-order valence-electron chi connectivity index (χ2n) is 3.54. The number of esters is 1. The first kappa shape index (κ1) is 11.3. The van der Waals surface area contributed by atoms with Crippen molar-refractivity contribution >= 4 is 17.9 Å². The number of hydrogen-bond donors (Lipinski definition) is 0. The highest BCUT2D eigenvalue weighted by atomic mass is 16.5. The van der Waals surface area contributed by atoms with Crippen LogP contribution in [0.1, 0.15) is 23.0 Å². The molecule has 0 bridgehead atoms. The number of hydrogen-bond acceptors (Lipinski definition) is 4. The minimum Gasteiger partial charge on any atom is -0.466 e. The van der Waals surface area contributed by atoms with E-state index in [0.717, 1.165) is 6.29 Å². The molecule has 0 saturated heterocycles. The Hall–Kier alpha value is -2.17. The molecule has 0 aliphatic rings. The van der Waals surface area contributed by atoms with Gasteiger partial charge in [0.25, 0.3) is 0 Å². The molecule has 17 heavy (non-hydrogen) atoms. The SMILES string of the molecule is CCOC(=O)Cc1cnc2ccc(C=O)cn12. The van der Waals surface area contributed by atoms with E-state index in [2.05, 4.69) is 4.98 Å². The fourth-order valence-corrected chi connectivity index (χ4v) is 1.61. The van der Waals surface area contributed by atoms with Crippen molar-refractivity contribution in [1.82, 2.24) is 9.38 Å². The van der Waals surface area contributed by atoms with E-state index in [0.29, 0.717) is 23.5 Å². The maximum Gasteiger partial charge on any atom is 0.311 e. The molecule has 0 spiro atoms. The molecule has 0 aromatic carbocycles. The molecule has 2 rings (SSSR count). The zero-order valence-corrected chi connectivity index (χ0v) is 9.42. The van der Waals surface area contributed by atoms with Crippen molar-refractivity contribution < 1.29 is 14.3 Å². The maximum absolute atomic E-state index is 11.4. The number of pyridine rings is 1. The monoisotopic (exact) mass is 232 g/mol. The number of carbonyl (C=O) groups excluding carboxylic acids is 2. The summed E-state index contributed by atoms with van der Waals surface area (Å²) in [4.78, 5) is 26.2. The Labute approximate surface area is 98.0 Å². The molecule has 2 aromatic heterocycles. The van der Waals surface area contributed by atoms with Gasteiger partial charge in [-0.05, 0) is 19.1 Å². The minimum absolute atomic E-state index is 0.150. The summed E-state index contributed by atoms with van der Waals surface area (Å²) in [5.74, 6) is -0.300. The predicted molar refractivity (Wildman–Crippen MR) is 60.9 cm³/mol. The van der Waals surface area contributed by atoms with E-state index in [1.54, 1.807) is 35.9 Å². The van der Waals surface area contributed by atoms with Gasteiger partial charge in [-0.25, -0.2) is 4.98 Å². The lowest BCUT2D eigenvalue weighted by Gasteiger charge is -2.02. The average Bonchev–Trinajstić information content (AvgIpc) is 2.72. The predicted octanol–water partition coefficient (Wildman–Crippen LogP) is 1.25. The fraction of sp³-hybridized carbons (Fsp3) is 0.250. The van der Waals surface area contributed by atoms with Crippen LogP contribution in [0.25, 0.3) is 5.65 Å². The van der Waals surface area contributed by atoms with Gasteiger partial charge in [-0.15, -0.1) is 0 Å². The van der Waals surface area contributed by atoms with Gasteiger partial charge in [0.05, 0.1) is 18.7 Å². The third kappa shape index (κ3) is 2.33. The Bertz CT molecular complexity index is 560. The summed E-state index contributed by atoms with van der Waals surface area (Å²) in [5.41, 5.74) is 1.96. The van der Waals surface area contributed by atoms with Crippen LogP contribution < -0.4 is 0 Å². The van der Waals surface area contributed by atoms with E-state index in [-0.39, 0.29) is 12.4 Å². The summed E-state index contributed by atoms with van der Waals surface area (Å²) < 4.78 is 6.59. The van der Waals surface area contributed by atoms with Gasteiger partial charge in [0.2, 0.25) is 0 Å².